The summed E-state index contributed by atoms with van der Waals surface area (Å²) >= 11 is 0. The minimum absolute atomic E-state index is 0.0670. The molecule has 0 N–H and O–H groups in total. The van der Waals surface area contributed by atoms with E-state index in [1.54, 1.807) is 0 Å². The molecule has 2 unspecified atom stereocenters. The van der Waals surface area contributed by atoms with Gasteiger partial charge in [-0.15, -0.1) is 0 Å². The van der Waals surface area contributed by atoms with Gasteiger partial charge in [0.1, 0.15) is 24.1 Å². The monoisotopic (exact) mass is 364 g/mol. The topological polar surface area (TPSA) is 52.4 Å². The highest BCUT2D eigenvalue weighted by Crippen LogP contribution is 2.32. The minimum Gasteiger partial charge on any atom is -0.486 e. The molecular weight excluding hydrogens is 340 g/mol. The summed E-state index contributed by atoms with van der Waals surface area (Å²) in [5.41, 5.74) is 1.97. The number of para-hydroxylation sites is 2. The van der Waals surface area contributed by atoms with Crippen LogP contribution in [0, 0.1) is 6.92 Å². The fourth-order valence-electron chi connectivity index (χ4n) is 4.33. The number of aryl methyl sites for hydroxylation is 1. The Morgan fingerprint density at radius 2 is 2.04 bits per heavy atom. The number of nitrogens with zero attached hydrogens (tertiary/aromatic N) is 4. The second-order valence-corrected chi connectivity index (χ2v) is 7.43. The third kappa shape index (κ3) is 3.14. The van der Waals surface area contributed by atoms with Gasteiger partial charge in [0.15, 0.2) is 17.1 Å². The zero-order valence-electron chi connectivity index (χ0n) is 15.5. The lowest BCUT2D eigenvalue weighted by Gasteiger charge is -2.37. The lowest BCUT2D eigenvalue weighted by Crippen LogP contribution is -2.45. The summed E-state index contributed by atoms with van der Waals surface area (Å²) in [4.78, 5) is 11.8. The van der Waals surface area contributed by atoms with Crippen LogP contribution in [0.4, 0.5) is 0 Å². The molecule has 3 aromatic rings. The van der Waals surface area contributed by atoms with Crippen LogP contribution in [0.25, 0.3) is 11.2 Å². The first-order valence-corrected chi connectivity index (χ1v) is 9.68. The SMILES string of the molecule is Cc1nc2cccnc2n1C1CCCN(CC2COc3ccccc3O2)C1. The average Bonchev–Trinajstić information content (AvgIpc) is 3.04. The molecule has 140 valence electrons. The molecular formula is C21H24N4O2. The van der Waals surface area contributed by atoms with E-state index >= 15 is 0 Å². The van der Waals surface area contributed by atoms with Crippen molar-refractivity contribution < 1.29 is 9.47 Å². The van der Waals surface area contributed by atoms with E-state index in [0.717, 1.165) is 54.5 Å². The van der Waals surface area contributed by atoms with Crippen LogP contribution >= 0.6 is 0 Å². The molecule has 0 spiro atoms. The molecule has 4 heterocycles. The van der Waals surface area contributed by atoms with Crippen molar-refractivity contribution in [3.05, 3.63) is 48.4 Å². The molecule has 2 aliphatic rings. The molecule has 0 amide bonds. The van der Waals surface area contributed by atoms with Gasteiger partial charge in [-0.3, -0.25) is 4.90 Å². The largest absolute Gasteiger partial charge is 0.486 e. The van der Waals surface area contributed by atoms with E-state index in [-0.39, 0.29) is 6.10 Å². The molecule has 0 saturated carbocycles. The summed E-state index contributed by atoms with van der Waals surface area (Å²) in [5, 5.41) is 0. The van der Waals surface area contributed by atoms with Crippen molar-refractivity contribution in [1.82, 2.24) is 19.4 Å². The van der Waals surface area contributed by atoms with Crippen molar-refractivity contribution in [3.8, 4) is 11.5 Å². The molecule has 0 aliphatic carbocycles. The predicted molar refractivity (Wildman–Crippen MR) is 103 cm³/mol. The summed E-state index contributed by atoms with van der Waals surface area (Å²) in [6.45, 7) is 5.65. The Hall–Kier alpha value is -2.60. The first kappa shape index (κ1) is 16.6. The summed E-state index contributed by atoms with van der Waals surface area (Å²) in [5.74, 6) is 2.74. The van der Waals surface area contributed by atoms with Gasteiger partial charge < -0.3 is 14.0 Å². The maximum Gasteiger partial charge on any atom is 0.161 e. The standard InChI is InChI=1S/C21H24N4O2/c1-15-23-18-7-4-10-22-21(18)25(15)16-6-5-11-24(12-16)13-17-14-26-19-8-2-3-9-20(19)27-17/h2-4,7-10,16-17H,5-6,11-14H2,1H3. The van der Waals surface area contributed by atoms with Crippen LogP contribution in [0.2, 0.25) is 0 Å². The van der Waals surface area contributed by atoms with Gasteiger partial charge in [0, 0.05) is 25.3 Å². The smallest absolute Gasteiger partial charge is 0.161 e. The number of pyridine rings is 1. The number of piperidine rings is 1. The van der Waals surface area contributed by atoms with Gasteiger partial charge in [-0.2, -0.15) is 0 Å². The van der Waals surface area contributed by atoms with E-state index in [1.807, 2.05) is 42.6 Å². The number of likely N-dealkylation sites (tertiary alicyclic amines) is 1. The van der Waals surface area contributed by atoms with E-state index in [1.165, 1.54) is 6.42 Å². The molecule has 1 aromatic carbocycles. The Balaban J connectivity index is 1.31. The number of aromatic nitrogens is 3. The molecule has 2 atom stereocenters. The maximum atomic E-state index is 6.16. The van der Waals surface area contributed by atoms with Gasteiger partial charge >= 0.3 is 0 Å². The summed E-state index contributed by atoms with van der Waals surface area (Å²) in [7, 11) is 0. The number of rotatable bonds is 3. The lowest BCUT2D eigenvalue weighted by atomic mass is 10.0. The van der Waals surface area contributed by atoms with E-state index < -0.39 is 0 Å². The molecule has 0 bridgehead atoms. The van der Waals surface area contributed by atoms with Gasteiger partial charge in [-0.05, 0) is 50.6 Å². The second kappa shape index (κ2) is 6.85. The number of imidazole rings is 1. The van der Waals surface area contributed by atoms with Crippen LogP contribution in [-0.2, 0) is 0 Å². The first-order chi connectivity index (χ1) is 13.3. The van der Waals surface area contributed by atoms with E-state index in [0.29, 0.717) is 12.6 Å². The molecule has 6 heteroatoms. The zero-order valence-corrected chi connectivity index (χ0v) is 15.5. The van der Waals surface area contributed by atoms with Crippen molar-refractivity contribution in [2.24, 2.45) is 0 Å². The predicted octanol–water partition coefficient (Wildman–Crippen LogP) is 3.22. The Morgan fingerprint density at radius 3 is 2.96 bits per heavy atom. The fraction of sp³-hybridized carbons (Fsp3) is 0.429. The molecule has 6 nitrogen and oxygen atoms in total. The molecule has 1 fully saturated rings. The van der Waals surface area contributed by atoms with Gasteiger partial charge in [0.05, 0.1) is 0 Å². The summed E-state index contributed by atoms with van der Waals surface area (Å²) in [6, 6.07) is 12.3. The zero-order chi connectivity index (χ0) is 18.2. The molecule has 27 heavy (non-hydrogen) atoms. The minimum atomic E-state index is 0.0670. The van der Waals surface area contributed by atoms with Crippen LogP contribution in [0.3, 0.4) is 0 Å². The number of benzene rings is 1. The third-order valence-electron chi connectivity index (χ3n) is 5.50. The number of hydrogen-bond donors (Lipinski definition) is 0. The van der Waals surface area contributed by atoms with E-state index in [4.69, 9.17) is 14.5 Å². The maximum absolute atomic E-state index is 6.16. The van der Waals surface area contributed by atoms with Crippen molar-refractivity contribution in [1.29, 1.82) is 0 Å². The molecule has 5 rings (SSSR count). The Bertz CT molecular complexity index is 954. The Morgan fingerprint density at radius 1 is 1.15 bits per heavy atom. The quantitative estimate of drug-likeness (QED) is 0.714. The molecule has 2 aromatic heterocycles. The number of fused-ring (bicyclic) bond motifs is 2. The fourth-order valence-corrected chi connectivity index (χ4v) is 4.33. The Kier molecular flexibility index (Phi) is 4.20. The average molecular weight is 364 g/mol. The van der Waals surface area contributed by atoms with Gasteiger partial charge in [0.25, 0.3) is 0 Å². The Labute approximate surface area is 158 Å². The summed E-state index contributed by atoms with van der Waals surface area (Å²) in [6.07, 6.45) is 4.24. The van der Waals surface area contributed by atoms with Gasteiger partial charge in [0.2, 0.25) is 0 Å². The van der Waals surface area contributed by atoms with Crippen molar-refractivity contribution in [3.63, 3.8) is 0 Å². The van der Waals surface area contributed by atoms with Crippen molar-refractivity contribution in [2.75, 3.05) is 26.2 Å². The van der Waals surface area contributed by atoms with Crippen LogP contribution in [0.1, 0.15) is 24.7 Å². The third-order valence-corrected chi connectivity index (χ3v) is 5.50. The van der Waals surface area contributed by atoms with Crippen molar-refractivity contribution >= 4 is 11.2 Å². The highest BCUT2D eigenvalue weighted by Gasteiger charge is 2.28. The summed E-state index contributed by atoms with van der Waals surface area (Å²) < 4.78 is 14.3. The van der Waals surface area contributed by atoms with Gasteiger partial charge in [-0.1, -0.05) is 12.1 Å². The van der Waals surface area contributed by atoms with Crippen LogP contribution in [0.5, 0.6) is 11.5 Å². The van der Waals surface area contributed by atoms with Crippen LogP contribution in [-0.4, -0.2) is 51.8 Å². The normalized spacial score (nSPS) is 22.9. The lowest BCUT2D eigenvalue weighted by molar-refractivity contribution is 0.0462. The molecule has 0 radical (unpaired) electrons. The van der Waals surface area contributed by atoms with Gasteiger partial charge in [-0.25, -0.2) is 9.97 Å². The van der Waals surface area contributed by atoms with E-state index in [9.17, 15) is 0 Å². The van der Waals surface area contributed by atoms with Crippen LogP contribution < -0.4 is 9.47 Å². The van der Waals surface area contributed by atoms with E-state index in [2.05, 4.69) is 21.4 Å². The number of hydrogen-bond acceptors (Lipinski definition) is 5. The van der Waals surface area contributed by atoms with Crippen LogP contribution in [0.15, 0.2) is 42.6 Å². The number of ether oxygens (including phenoxy) is 2. The highest BCUT2D eigenvalue weighted by atomic mass is 16.6. The highest BCUT2D eigenvalue weighted by molar-refractivity contribution is 5.71. The molecule has 2 aliphatic heterocycles. The first-order valence-electron chi connectivity index (χ1n) is 9.68. The second-order valence-electron chi connectivity index (χ2n) is 7.43. The van der Waals surface area contributed by atoms with Crippen molar-refractivity contribution in [2.45, 2.75) is 31.9 Å². The molecule has 1 saturated heterocycles.